The smallest absolute Gasteiger partial charge is 0.0523 e. The molecule has 3 rings (SSSR count). The number of hydrogen-bond acceptors (Lipinski definition) is 0. The number of allylic oxidation sites excluding steroid dienone is 1. The molecule has 0 aliphatic heterocycles. The van der Waals surface area contributed by atoms with Gasteiger partial charge < -0.3 is 4.57 Å². The van der Waals surface area contributed by atoms with Crippen LogP contribution in [0.15, 0.2) is 41.6 Å². The van der Waals surface area contributed by atoms with Crippen molar-refractivity contribution in [2.45, 2.75) is 39.0 Å². The van der Waals surface area contributed by atoms with Crippen molar-refractivity contribution in [3.63, 3.8) is 0 Å². The van der Waals surface area contributed by atoms with Crippen molar-refractivity contribution in [1.82, 2.24) is 4.57 Å². The Morgan fingerprint density at radius 1 is 1.11 bits per heavy atom. The number of aryl methyl sites for hydroxylation is 1. The molecule has 1 aromatic carbocycles. The number of rotatable bonds is 1. The molecule has 1 aliphatic rings. The van der Waals surface area contributed by atoms with E-state index >= 15 is 0 Å². The monoisotopic (exact) mass is 251 g/mol. The number of fused-ring (bicyclic) bond motifs is 1. The first kappa shape index (κ1) is 12.3. The minimum Gasteiger partial charge on any atom is -0.343 e. The lowest BCUT2D eigenvalue weighted by atomic mass is 9.95. The van der Waals surface area contributed by atoms with Gasteiger partial charge in [-0.25, -0.2) is 0 Å². The molecule has 1 heteroatoms. The van der Waals surface area contributed by atoms with Gasteiger partial charge >= 0.3 is 0 Å². The number of para-hydroxylation sites is 1. The minimum atomic E-state index is 1.24. The molecule has 1 fully saturated rings. The predicted octanol–water partition coefficient (Wildman–Crippen LogP) is 5.07. The van der Waals surface area contributed by atoms with Crippen LogP contribution in [0.25, 0.3) is 16.5 Å². The number of aromatic nitrogens is 1. The highest BCUT2D eigenvalue weighted by molar-refractivity contribution is 5.85. The molecular weight excluding hydrogens is 230 g/mol. The summed E-state index contributed by atoms with van der Waals surface area (Å²) in [6.45, 7) is 2.19. The van der Waals surface area contributed by atoms with Crippen LogP contribution in [0, 0.1) is 0 Å². The molecular formula is C18H21N. The van der Waals surface area contributed by atoms with Gasteiger partial charge in [-0.15, -0.1) is 5.73 Å². The van der Waals surface area contributed by atoms with Crippen LogP contribution in [-0.4, -0.2) is 4.57 Å². The van der Waals surface area contributed by atoms with Gasteiger partial charge in [0.1, 0.15) is 0 Å². The first-order valence-electron chi connectivity index (χ1n) is 7.26. The molecule has 1 heterocycles. The van der Waals surface area contributed by atoms with Gasteiger partial charge in [-0.2, -0.15) is 0 Å². The summed E-state index contributed by atoms with van der Waals surface area (Å²) in [6, 6.07) is 10.8. The molecule has 1 aliphatic carbocycles. The Balaban J connectivity index is 2.08. The zero-order valence-corrected chi connectivity index (χ0v) is 11.9. The van der Waals surface area contributed by atoms with E-state index in [1.807, 2.05) is 0 Å². The Morgan fingerprint density at radius 2 is 1.84 bits per heavy atom. The molecule has 1 saturated carbocycles. The first-order chi connectivity index (χ1) is 9.25. The van der Waals surface area contributed by atoms with Crippen LogP contribution in [0.1, 0.15) is 44.7 Å². The van der Waals surface area contributed by atoms with Crippen molar-refractivity contribution < 1.29 is 0 Å². The summed E-state index contributed by atoms with van der Waals surface area (Å²) in [5.41, 5.74) is 9.02. The lowest BCUT2D eigenvalue weighted by Gasteiger charge is -2.11. The Hall–Kier alpha value is -1.72. The van der Waals surface area contributed by atoms with Crippen molar-refractivity contribution in [3.8, 4) is 0 Å². The average Bonchev–Trinajstić information content (AvgIpc) is 2.78. The summed E-state index contributed by atoms with van der Waals surface area (Å²) in [6.07, 6.45) is 6.54. The largest absolute Gasteiger partial charge is 0.343 e. The Bertz CT molecular complexity index is 658. The fourth-order valence-electron chi connectivity index (χ4n) is 3.08. The van der Waals surface area contributed by atoms with E-state index in [4.69, 9.17) is 0 Å². The molecule has 0 unspecified atom stereocenters. The lowest BCUT2D eigenvalue weighted by molar-refractivity contribution is 0.600. The maximum Gasteiger partial charge on any atom is 0.0523 e. The third-order valence-corrected chi connectivity index (χ3v) is 4.16. The van der Waals surface area contributed by atoms with E-state index in [1.54, 1.807) is 0 Å². The van der Waals surface area contributed by atoms with Crippen LogP contribution >= 0.6 is 0 Å². The molecule has 19 heavy (non-hydrogen) atoms. The summed E-state index contributed by atoms with van der Waals surface area (Å²) in [5, 5.41) is 1.31. The van der Waals surface area contributed by atoms with Gasteiger partial charge in [0.25, 0.3) is 0 Å². The zero-order chi connectivity index (χ0) is 13.2. The molecule has 0 amide bonds. The van der Waals surface area contributed by atoms with E-state index < -0.39 is 0 Å². The molecule has 1 nitrogen and oxygen atoms in total. The van der Waals surface area contributed by atoms with Crippen molar-refractivity contribution in [1.29, 1.82) is 0 Å². The van der Waals surface area contributed by atoms with Crippen LogP contribution in [0.2, 0.25) is 0 Å². The lowest BCUT2D eigenvalue weighted by Crippen LogP contribution is -1.95. The fourth-order valence-corrected chi connectivity index (χ4v) is 3.08. The number of benzene rings is 1. The van der Waals surface area contributed by atoms with Gasteiger partial charge in [0.15, 0.2) is 0 Å². The summed E-state index contributed by atoms with van der Waals surface area (Å²) >= 11 is 0. The van der Waals surface area contributed by atoms with Gasteiger partial charge in [0.05, 0.1) is 5.69 Å². The second-order valence-corrected chi connectivity index (χ2v) is 5.56. The predicted molar refractivity (Wildman–Crippen MR) is 82.1 cm³/mol. The molecule has 0 spiro atoms. The molecule has 1 aromatic heterocycles. The van der Waals surface area contributed by atoms with Crippen molar-refractivity contribution in [2.75, 3.05) is 0 Å². The number of hydrogen-bond donors (Lipinski definition) is 0. The standard InChI is InChI=1S/C18H21N/c1-14(12-15-8-4-3-5-9-15)18-13-16-10-6-7-11-17(16)19(18)2/h6-7,10-11,13H,3-5,8-9H2,1-2H3. The number of nitrogens with zero attached hydrogens (tertiary/aromatic N) is 1. The van der Waals surface area contributed by atoms with Crippen LogP contribution in [0.4, 0.5) is 0 Å². The van der Waals surface area contributed by atoms with E-state index in [0.29, 0.717) is 0 Å². The van der Waals surface area contributed by atoms with E-state index in [-0.39, 0.29) is 0 Å². The molecule has 2 aromatic rings. The van der Waals surface area contributed by atoms with Gasteiger partial charge in [0, 0.05) is 23.5 Å². The van der Waals surface area contributed by atoms with E-state index in [0.717, 1.165) is 0 Å². The topological polar surface area (TPSA) is 4.93 Å². The van der Waals surface area contributed by atoms with E-state index in [2.05, 4.69) is 54.6 Å². The fraction of sp³-hybridized carbons (Fsp3) is 0.389. The summed E-state index contributed by atoms with van der Waals surface area (Å²) in [5.74, 6) is 0. The van der Waals surface area contributed by atoms with E-state index in [1.165, 1.54) is 59.8 Å². The SMILES string of the molecule is CC(=C=C1CCCCC1)c1cc2ccccc2n1C. The first-order valence-corrected chi connectivity index (χ1v) is 7.26. The Labute approximate surface area is 115 Å². The molecule has 0 bridgehead atoms. The Morgan fingerprint density at radius 3 is 2.58 bits per heavy atom. The van der Waals surface area contributed by atoms with Crippen molar-refractivity contribution in [2.24, 2.45) is 7.05 Å². The van der Waals surface area contributed by atoms with Crippen molar-refractivity contribution >= 4 is 16.5 Å². The Kier molecular flexibility index (Phi) is 3.31. The average molecular weight is 251 g/mol. The molecule has 0 radical (unpaired) electrons. The highest BCUT2D eigenvalue weighted by Gasteiger charge is 2.08. The highest BCUT2D eigenvalue weighted by Crippen LogP contribution is 2.26. The second-order valence-electron chi connectivity index (χ2n) is 5.56. The zero-order valence-electron chi connectivity index (χ0n) is 11.9. The van der Waals surface area contributed by atoms with Crippen LogP contribution in [0.3, 0.4) is 0 Å². The normalized spacial score (nSPS) is 15.6. The molecule has 0 atom stereocenters. The molecule has 0 saturated heterocycles. The van der Waals surface area contributed by atoms with Gasteiger partial charge in [-0.3, -0.25) is 0 Å². The minimum absolute atomic E-state index is 1.24. The van der Waals surface area contributed by atoms with E-state index in [9.17, 15) is 0 Å². The summed E-state index contributed by atoms with van der Waals surface area (Å²) in [7, 11) is 2.15. The quantitative estimate of drug-likeness (QED) is 0.623. The third kappa shape index (κ3) is 2.39. The van der Waals surface area contributed by atoms with Crippen LogP contribution < -0.4 is 0 Å². The summed E-state index contributed by atoms with van der Waals surface area (Å²) in [4.78, 5) is 0. The highest BCUT2D eigenvalue weighted by atomic mass is 14.9. The third-order valence-electron chi connectivity index (χ3n) is 4.16. The molecule has 98 valence electrons. The maximum atomic E-state index is 3.65. The maximum absolute atomic E-state index is 3.65. The van der Waals surface area contributed by atoms with Gasteiger partial charge in [-0.05, 0) is 50.3 Å². The summed E-state index contributed by atoms with van der Waals surface area (Å²) < 4.78 is 2.28. The van der Waals surface area contributed by atoms with Crippen LogP contribution in [0.5, 0.6) is 0 Å². The van der Waals surface area contributed by atoms with Gasteiger partial charge in [0.2, 0.25) is 0 Å². The second kappa shape index (κ2) is 5.11. The van der Waals surface area contributed by atoms with Gasteiger partial charge in [-0.1, -0.05) is 24.6 Å². The molecule has 0 N–H and O–H groups in total. The van der Waals surface area contributed by atoms with Crippen molar-refractivity contribution in [3.05, 3.63) is 47.3 Å². The van der Waals surface area contributed by atoms with Crippen LogP contribution in [-0.2, 0) is 7.05 Å².